The van der Waals surface area contributed by atoms with E-state index >= 15 is 0 Å². The van der Waals surface area contributed by atoms with Crippen molar-refractivity contribution < 1.29 is 4.74 Å². The summed E-state index contributed by atoms with van der Waals surface area (Å²) < 4.78 is 5.48. The fourth-order valence-electron chi connectivity index (χ4n) is 3.35. The zero-order valence-corrected chi connectivity index (χ0v) is 13.2. The molecule has 1 aliphatic rings. The van der Waals surface area contributed by atoms with E-state index in [2.05, 4.69) is 43.4 Å². The van der Waals surface area contributed by atoms with Gasteiger partial charge in [-0.1, -0.05) is 26.7 Å². The molecule has 2 heteroatoms. The topological polar surface area (TPSA) is 21.3 Å². The Morgan fingerprint density at radius 2 is 1.95 bits per heavy atom. The smallest absolute Gasteiger partial charge is 0.119 e. The van der Waals surface area contributed by atoms with Crippen molar-refractivity contribution in [2.75, 3.05) is 11.9 Å². The highest BCUT2D eigenvalue weighted by Gasteiger charge is 2.22. The normalized spacial score (nSPS) is 22.8. The number of rotatable bonds is 6. The average Bonchev–Trinajstić information content (AvgIpc) is 2.41. The zero-order chi connectivity index (χ0) is 14.4. The van der Waals surface area contributed by atoms with Gasteiger partial charge in [0.1, 0.15) is 5.75 Å². The van der Waals surface area contributed by atoms with E-state index in [1.165, 1.54) is 37.8 Å². The number of anilines is 1. The van der Waals surface area contributed by atoms with Gasteiger partial charge in [0, 0.05) is 11.7 Å². The van der Waals surface area contributed by atoms with Crippen LogP contribution in [0, 0.1) is 11.8 Å². The molecule has 1 fully saturated rings. The Hall–Kier alpha value is -1.18. The minimum atomic E-state index is 0.644. The van der Waals surface area contributed by atoms with Crippen LogP contribution < -0.4 is 10.1 Å². The van der Waals surface area contributed by atoms with E-state index < -0.39 is 0 Å². The van der Waals surface area contributed by atoms with Crippen LogP contribution in [0.5, 0.6) is 5.75 Å². The summed E-state index contributed by atoms with van der Waals surface area (Å²) >= 11 is 0. The fraction of sp³-hybridized carbons (Fsp3) is 0.667. The van der Waals surface area contributed by atoms with Crippen LogP contribution in [0.1, 0.15) is 52.9 Å². The third-order valence-electron chi connectivity index (χ3n) is 4.12. The van der Waals surface area contributed by atoms with Gasteiger partial charge in [0.25, 0.3) is 0 Å². The molecular weight excluding hydrogens is 246 g/mol. The van der Waals surface area contributed by atoms with Crippen LogP contribution in [0.15, 0.2) is 24.3 Å². The van der Waals surface area contributed by atoms with E-state index in [4.69, 9.17) is 4.74 Å². The summed E-state index contributed by atoms with van der Waals surface area (Å²) in [5.74, 6) is 2.69. The molecule has 2 nitrogen and oxygen atoms in total. The van der Waals surface area contributed by atoms with Gasteiger partial charge >= 0.3 is 0 Å². The van der Waals surface area contributed by atoms with Gasteiger partial charge in [-0.2, -0.15) is 0 Å². The minimum Gasteiger partial charge on any atom is -0.494 e. The van der Waals surface area contributed by atoms with E-state index in [9.17, 15) is 0 Å². The van der Waals surface area contributed by atoms with Crippen LogP contribution in [-0.2, 0) is 0 Å². The van der Waals surface area contributed by atoms with Gasteiger partial charge in [-0.05, 0) is 62.3 Å². The van der Waals surface area contributed by atoms with Crippen molar-refractivity contribution in [1.82, 2.24) is 0 Å². The number of nitrogens with one attached hydrogen (secondary N) is 1. The summed E-state index contributed by atoms with van der Waals surface area (Å²) in [5.41, 5.74) is 1.23. The van der Waals surface area contributed by atoms with Crippen molar-refractivity contribution in [2.45, 2.75) is 58.9 Å². The van der Waals surface area contributed by atoms with Gasteiger partial charge in [-0.3, -0.25) is 0 Å². The van der Waals surface area contributed by atoms with E-state index in [0.717, 1.165) is 24.2 Å². The van der Waals surface area contributed by atoms with Gasteiger partial charge in [0.2, 0.25) is 0 Å². The Balaban J connectivity index is 1.85. The van der Waals surface area contributed by atoms with Crippen LogP contribution in [0.2, 0.25) is 0 Å². The first-order valence-electron chi connectivity index (χ1n) is 8.16. The highest BCUT2D eigenvalue weighted by Crippen LogP contribution is 2.31. The second kappa shape index (κ2) is 7.56. The molecule has 1 aliphatic carbocycles. The first-order valence-corrected chi connectivity index (χ1v) is 8.16. The molecule has 2 rings (SSSR count). The maximum atomic E-state index is 5.48. The molecule has 0 radical (unpaired) electrons. The molecule has 0 bridgehead atoms. The second-order valence-corrected chi connectivity index (χ2v) is 6.46. The lowest BCUT2D eigenvalue weighted by Crippen LogP contribution is -2.27. The summed E-state index contributed by atoms with van der Waals surface area (Å²) in [6.07, 6.45) is 6.79. The minimum absolute atomic E-state index is 0.644. The summed E-state index contributed by atoms with van der Waals surface area (Å²) in [6, 6.07) is 9.03. The highest BCUT2D eigenvalue weighted by molar-refractivity contribution is 5.47. The average molecular weight is 275 g/mol. The van der Waals surface area contributed by atoms with Gasteiger partial charge in [0.05, 0.1) is 6.61 Å². The first-order chi connectivity index (χ1) is 9.67. The Morgan fingerprint density at radius 1 is 1.20 bits per heavy atom. The lowest BCUT2D eigenvalue weighted by molar-refractivity contribution is 0.289. The molecule has 2 atom stereocenters. The molecule has 0 spiro atoms. The second-order valence-electron chi connectivity index (χ2n) is 6.46. The first kappa shape index (κ1) is 15.2. The van der Waals surface area contributed by atoms with Crippen LogP contribution >= 0.6 is 0 Å². The van der Waals surface area contributed by atoms with E-state index in [-0.39, 0.29) is 0 Å². The summed E-state index contributed by atoms with van der Waals surface area (Å²) in [4.78, 5) is 0. The molecular formula is C18H29NO. The Bertz CT molecular complexity index is 385. The maximum absolute atomic E-state index is 5.48. The largest absolute Gasteiger partial charge is 0.494 e. The summed E-state index contributed by atoms with van der Waals surface area (Å²) in [5, 5.41) is 3.70. The Morgan fingerprint density at radius 3 is 2.60 bits per heavy atom. The summed E-state index contributed by atoms with van der Waals surface area (Å²) in [7, 11) is 0. The third kappa shape index (κ3) is 4.73. The molecule has 112 valence electrons. The molecule has 0 aromatic heterocycles. The predicted molar refractivity (Wildman–Crippen MR) is 86.4 cm³/mol. The number of hydrogen-bond acceptors (Lipinski definition) is 2. The molecule has 1 aromatic rings. The van der Waals surface area contributed by atoms with Crippen molar-refractivity contribution >= 4 is 5.69 Å². The van der Waals surface area contributed by atoms with Crippen molar-refractivity contribution in [2.24, 2.45) is 11.8 Å². The van der Waals surface area contributed by atoms with E-state index in [0.29, 0.717) is 6.04 Å². The van der Waals surface area contributed by atoms with E-state index in [1.54, 1.807) is 0 Å². The molecule has 1 N–H and O–H groups in total. The van der Waals surface area contributed by atoms with Crippen molar-refractivity contribution in [3.05, 3.63) is 24.3 Å². The molecule has 0 aliphatic heterocycles. The molecule has 0 heterocycles. The number of hydrogen-bond donors (Lipinski definition) is 1. The lowest BCUT2D eigenvalue weighted by atomic mass is 9.81. The van der Waals surface area contributed by atoms with Crippen molar-refractivity contribution in [3.8, 4) is 5.75 Å². The van der Waals surface area contributed by atoms with Crippen LogP contribution in [0.4, 0.5) is 5.69 Å². The van der Waals surface area contributed by atoms with E-state index in [1.807, 2.05) is 6.92 Å². The SMILES string of the molecule is CCOc1ccc(NC2CCCC(CC(C)C)C2)cc1. The summed E-state index contributed by atoms with van der Waals surface area (Å²) in [6.45, 7) is 7.42. The van der Waals surface area contributed by atoms with Gasteiger partial charge in [-0.15, -0.1) is 0 Å². The molecule has 0 saturated heterocycles. The standard InChI is InChI=1S/C18H29NO/c1-4-20-18-10-8-16(9-11-18)19-17-7-5-6-15(13-17)12-14(2)3/h8-11,14-15,17,19H,4-7,12-13H2,1-3H3. The Kier molecular flexibility index (Phi) is 5.75. The molecule has 1 aromatic carbocycles. The number of ether oxygens (including phenoxy) is 1. The van der Waals surface area contributed by atoms with Crippen LogP contribution in [-0.4, -0.2) is 12.6 Å². The molecule has 2 unspecified atom stereocenters. The Labute approximate surface area is 123 Å². The van der Waals surface area contributed by atoms with Crippen LogP contribution in [0.3, 0.4) is 0 Å². The highest BCUT2D eigenvalue weighted by atomic mass is 16.5. The monoisotopic (exact) mass is 275 g/mol. The molecule has 1 saturated carbocycles. The lowest BCUT2D eigenvalue weighted by Gasteiger charge is -2.31. The quantitative estimate of drug-likeness (QED) is 0.779. The van der Waals surface area contributed by atoms with Gasteiger partial charge in [0.15, 0.2) is 0 Å². The van der Waals surface area contributed by atoms with Crippen molar-refractivity contribution in [3.63, 3.8) is 0 Å². The van der Waals surface area contributed by atoms with Crippen molar-refractivity contribution in [1.29, 1.82) is 0 Å². The van der Waals surface area contributed by atoms with Crippen LogP contribution in [0.25, 0.3) is 0 Å². The molecule has 20 heavy (non-hydrogen) atoms. The fourth-order valence-corrected chi connectivity index (χ4v) is 3.35. The third-order valence-corrected chi connectivity index (χ3v) is 4.12. The molecule has 0 amide bonds. The zero-order valence-electron chi connectivity index (χ0n) is 13.2. The number of benzene rings is 1. The maximum Gasteiger partial charge on any atom is 0.119 e. The predicted octanol–water partition coefficient (Wildman–Crippen LogP) is 5.10. The van der Waals surface area contributed by atoms with Gasteiger partial charge < -0.3 is 10.1 Å². The van der Waals surface area contributed by atoms with Gasteiger partial charge in [-0.25, -0.2) is 0 Å².